The molecule has 34 heavy (non-hydrogen) atoms. The highest BCUT2D eigenvalue weighted by atomic mass is 35.5. The lowest BCUT2D eigenvalue weighted by Crippen LogP contribution is -2.38. The molecule has 0 saturated heterocycles. The maximum Gasteiger partial charge on any atom is 0.322 e. The van der Waals surface area contributed by atoms with Crippen LogP contribution in [0.5, 0.6) is 0 Å². The van der Waals surface area contributed by atoms with Crippen LogP contribution in [-0.4, -0.2) is 15.5 Å². The second-order valence-electron chi connectivity index (χ2n) is 8.82. The quantitative estimate of drug-likeness (QED) is 0.313. The number of carbonyl (C=O) groups is 1. The zero-order valence-electron chi connectivity index (χ0n) is 18.4. The molecule has 4 nitrogen and oxygen atoms in total. The molecule has 7 heteroatoms. The van der Waals surface area contributed by atoms with Crippen molar-refractivity contribution >= 4 is 34.7 Å². The number of urea groups is 1. The Bertz CT molecular complexity index is 1380. The second kappa shape index (κ2) is 8.60. The number of anilines is 1. The molecule has 1 atom stereocenters. The molecule has 6 rings (SSSR count). The fourth-order valence-corrected chi connectivity index (χ4v) is 6.74. The van der Waals surface area contributed by atoms with E-state index in [0.717, 1.165) is 24.1 Å². The monoisotopic (exact) mass is 491 g/mol. The minimum Gasteiger partial charge on any atom is -0.310 e. The molecule has 0 spiro atoms. The van der Waals surface area contributed by atoms with Crippen molar-refractivity contribution in [2.75, 3.05) is 5.32 Å². The predicted octanol–water partition coefficient (Wildman–Crippen LogP) is 7.35. The van der Waals surface area contributed by atoms with Gasteiger partial charge in [-0.05, 0) is 79.3 Å². The van der Waals surface area contributed by atoms with Gasteiger partial charge in [0, 0.05) is 27.3 Å². The molecule has 0 bridgehead atoms. The van der Waals surface area contributed by atoms with Crippen LogP contribution in [0.4, 0.5) is 14.9 Å². The van der Waals surface area contributed by atoms with Gasteiger partial charge < -0.3 is 14.8 Å². The summed E-state index contributed by atoms with van der Waals surface area (Å²) in [6.45, 7) is 0.483. The van der Waals surface area contributed by atoms with Crippen LogP contribution in [0.3, 0.4) is 0 Å². The molecule has 1 aliphatic carbocycles. The number of fused-ring (bicyclic) bond motifs is 5. The molecule has 0 fully saturated rings. The van der Waals surface area contributed by atoms with Gasteiger partial charge in [0.15, 0.2) is 0 Å². The number of nitrogens with one attached hydrogen (secondary N) is 1. The highest BCUT2D eigenvalue weighted by Gasteiger charge is 2.36. The van der Waals surface area contributed by atoms with Gasteiger partial charge in [-0.15, -0.1) is 11.3 Å². The van der Waals surface area contributed by atoms with E-state index in [2.05, 4.69) is 22.1 Å². The van der Waals surface area contributed by atoms with E-state index in [1.54, 1.807) is 24.3 Å². The van der Waals surface area contributed by atoms with Crippen LogP contribution >= 0.6 is 22.9 Å². The fraction of sp³-hybridized carbons (Fsp3) is 0.222. The first-order valence-corrected chi connectivity index (χ1v) is 12.7. The summed E-state index contributed by atoms with van der Waals surface area (Å²) in [6, 6.07) is 17.1. The summed E-state index contributed by atoms with van der Waals surface area (Å²) in [7, 11) is 0. The Morgan fingerprint density at radius 2 is 1.85 bits per heavy atom. The summed E-state index contributed by atoms with van der Waals surface area (Å²) in [5.41, 5.74) is 5.12. The van der Waals surface area contributed by atoms with Crippen molar-refractivity contribution in [2.45, 2.75) is 38.3 Å². The first-order valence-electron chi connectivity index (χ1n) is 11.5. The van der Waals surface area contributed by atoms with Gasteiger partial charge in [0.25, 0.3) is 0 Å². The van der Waals surface area contributed by atoms with Crippen LogP contribution in [0.15, 0.2) is 66.9 Å². The van der Waals surface area contributed by atoms with Crippen LogP contribution in [-0.2, 0) is 19.4 Å². The minimum absolute atomic E-state index is 0.215. The third kappa shape index (κ3) is 3.71. The van der Waals surface area contributed by atoms with Crippen molar-refractivity contribution in [3.05, 3.63) is 105 Å². The fourth-order valence-electron chi connectivity index (χ4n) is 5.14. The van der Waals surface area contributed by atoms with Gasteiger partial charge in [-0.3, -0.25) is 0 Å². The van der Waals surface area contributed by atoms with Gasteiger partial charge in [-0.1, -0.05) is 29.8 Å². The first-order chi connectivity index (χ1) is 16.6. The SMILES string of the molecule is O=C(Nc1cccc(Cl)c1)N1Cc2c(sc3c2CCCC3)-n2cccc2C1c1ccc(F)cc1. The van der Waals surface area contributed by atoms with Crippen molar-refractivity contribution in [3.8, 4) is 5.00 Å². The molecule has 3 heterocycles. The topological polar surface area (TPSA) is 37.3 Å². The summed E-state index contributed by atoms with van der Waals surface area (Å²) in [5, 5.41) is 4.79. The van der Waals surface area contributed by atoms with E-state index in [1.165, 1.54) is 46.0 Å². The molecule has 0 saturated carbocycles. The molecule has 2 aromatic heterocycles. The van der Waals surface area contributed by atoms with Crippen LogP contribution in [0.1, 0.15) is 46.1 Å². The van der Waals surface area contributed by atoms with Crippen LogP contribution in [0, 0.1) is 5.82 Å². The molecule has 1 unspecified atom stereocenters. The van der Waals surface area contributed by atoms with E-state index in [0.29, 0.717) is 17.3 Å². The third-order valence-electron chi connectivity index (χ3n) is 6.70. The average molecular weight is 492 g/mol. The molecule has 2 amide bonds. The number of thiophene rings is 1. The Labute approximate surface area is 206 Å². The predicted molar refractivity (Wildman–Crippen MR) is 135 cm³/mol. The largest absolute Gasteiger partial charge is 0.322 e. The molecule has 2 aliphatic rings. The third-order valence-corrected chi connectivity index (χ3v) is 8.27. The normalized spacial score (nSPS) is 16.9. The minimum atomic E-state index is -0.367. The van der Waals surface area contributed by atoms with Gasteiger partial charge in [-0.25, -0.2) is 9.18 Å². The van der Waals surface area contributed by atoms with Gasteiger partial charge in [-0.2, -0.15) is 0 Å². The molecular formula is C27H23ClFN3OS. The molecule has 1 aliphatic heterocycles. The Balaban J connectivity index is 1.50. The highest BCUT2D eigenvalue weighted by Crippen LogP contribution is 2.44. The Kier molecular flexibility index (Phi) is 5.42. The first kappa shape index (κ1) is 21.4. The van der Waals surface area contributed by atoms with E-state index in [1.807, 2.05) is 34.4 Å². The lowest BCUT2D eigenvalue weighted by Gasteiger charge is -2.31. The summed E-state index contributed by atoms with van der Waals surface area (Å²) < 4.78 is 16.0. The molecular weight excluding hydrogens is 469 g/mol. The smallest absolute Gasteiger partial charge is 0.310 e. The van der Waals surface area contributed by atoms with Crippen molar-refractivity contribution in [1.82, 2.24) is 9.47 Å². The van der Waals surface area contributed by atoms with Gasteiger partial charge in [0.1, 0.15) is 10.8 Å². The standard InChI is InChI=1S/C27H23ClFN3OS/c28-18-5-3-6-20(15-18)30-27(33)32-16-22-21-7-1-2-9-24(21)34-26(22)31-14-4-8-23(31)25(32)17-10-12-19(29)13-11-17/h3-6,8,10-15,25H,1-2,7,9,16H2,(H,30,33). The van der Waals surface area contributed by atoms with Crippen molar-refractivity contribution in [1.29, 1.82) is 0 Å². The molecule has 2 aromatic carbocycles. The molecule has 4 aromatic rings. The zero-order valence-corrected chi connectivity index (χ0v) is 20.0. The Morgan fingerprint density at radius 1 is 1.03 bits per heavy atom. The maximum atomic E-state index is 13.8. The number of carbonyl (C=O) groups excluding carboxylic acids is 1. The number of halogens is 2. The van der Waals surface area contributed by atoms with Crippen molar-refractivity contribution in [2.24, 2.45) is 0 Å². The number of hydrogen-bond donors (Lipinski definition) is 1. The van der Waals surface area contributed by atoms with Gasteiger partial charge in [0.2, 0.25) is 0 Å². The Hall–Kier alpha value is -3.09. The summed E-state index contributed by atoms with van der Waals surface area (Å²) in [5.74, 6) is -0.295. The van der Waals surface area contributed by atoms with Gasteiger partial charge in [0.05, 0.1) is 18.3 Å². The lowest BCUT2D eigenvalue weighted by atomic mass is 9.95. The number of aromatic nitrogens is 1. The number of nitrogens with zero attached hydrogens (tertiary/aromatic N) is 2. The highest BCUT2D eigenvalue weighted by molar-refractivity contribution is 7.15. The summed E-state index contributed by atoms with van der Waals surface area (Å²) >= 11 is 8.01. The second-order valence-corrected chi connectivity index (χ2v) is 10.3. The molecule has 172 valence electrons. The van der Waals surface area contributed by atoms with E-state index in [9.17, 15) is 9.18 Å². The molecule has 0 radical (unpaired) electrons. The number of amides is 2. The van der Waals surface area contributed by atoms with Crippen LogP contribution in [0.25, 0.3) is 5.00 Å². The number of rotatable bonds is 2. The number of aryl methyl sites for hydroxylation is 1. The Morgan fingerprint density at radius 3 is 2.68 bits per heavy atom. The van der Waals surface area contributed by atoms with Crippen LogP contribution in [0.2, 0.25) is 5.02 Å². The lowest BCUT2D eigenvalue weighted by molar-refractivity contribution is 0.194. The number of hydrogen-bond acceptors (Lipinski definition) is 2. The van der Waals surface area contributed by atoms with E-state index in [4.69, 9.17) is 11.6 Å². The van der Waals surface area contributed by atoms with E-state index >= 15 is 0 Å². The average Bonchev–Trinajstić information content (AvgIpc) is 3.42. The summed E-state index contributed by atoms with van der Waals surface area (Å²) in [6.07, 6.45) is 6.60. The molecule has 1 N–H and O–H groups in total. The van der Waals surface area contributed by atoms with Crippen molar-refractivity contribution < 1.29 is 9.18 Å². The zero-order chi connectivity index (χ0) is 23.2. The van der Waals surface area contributed by atoms with E-state index in [-0.39, 0.29) is 17.9 Å². The van der Waals surface area contributed by atoms with Gasteiger partial charge >= 0.3 is 6.03 Å². The van der Waals surface area contributed by atoms with Crippen LogP contribution < -0.4 is 5.32 Å². The number of benzene rings is 2. The van der Waals surface area contributed by atoms with Crippen molar-refractivity contribution in [3.63, 3.8) is 0 Å². The maximum absolute atomic E-state index is 13.8. The van der Waals surface area contributed by atoms with E-state index < -0.39 is 0 Å². The summed E-state index contributed by atoms with van der Waals surface area (Å²) in [4.78, 5) is 17.1.